The third-order valence-electron chi connectivity index (χ3n) is 3.57. The first-order valence-electron chi connectivity index (χ1n) is 6.73. The molecule has 2 rings (SSSR count). The third-order valence-corrected chi connectivity index (χ3v) is 3.57. The van der Waals surface area contributed by atoms with Gasteiger partial charge in [0.1, 0.15) is 11.2 Å². The van der Waals surface area contributed by atoms with Crippen molar-refractivity contribution in [1.82, 2.24) is 10.3 Å². The lowest BCUT2D eigenvalue weighted by Crippen LogP contribution is -2.45. The first kappa shape index (κ1) is 14.3. The van der Waals surface area contributed by atoms with Gasteiger partial charge < -0.3 is 15.7 Å². The minimum atomic E-state index is -1.00. The maximum atomic E-state index is 11.7. The molecule has 108 valence electrons. The summed E-state index contributed by atoms with van der Waals surface area (Å²) in [4.78, 5) is 27.2. The summed E-state index contributed by atoms with van der Waals surface area (Å²) in [7, 11) is 0. The van der Waals surface area contributed by atoms with Gasteiger partial charge in [0.05, 0.1) is 0 Å². The average molecular weight is 277 g/mol. The molecule has 1 aromatic rings. The molecule has 1 aliphatic rings. The quantitative estimate of drug-likeness (QED) is 0.733. The fourth-order valence-corrected chi connectivity index (χ4v) is 2.17. The summed E-state index contributed by atoms with van der Waals surface area (Å²) >= 11 is 0. The van der Waals surface area contributed by atoms with Crippen molar-refractivity contribution in [2.24, 2.45) is 5.92 Å². The van der Waals surface area contributed by atoms with Crippen LogP contribution >= 0.6 is 0 Å². The maximum Gasteiger partial charge on any atom is 0.329 e. The van der Waals surface area contributed by atoms with E-state index in [-0.39, 0.29) is 17.5 Å². The van der Waals surface area contributed by atoms with Crippen molar-refractivity contribution >= 4 is 17.6 Å². The summed E-state index contributed by atoms with van der Waals surface area (Å²) in [5.74, 6) is -1.02. The van der Waals surface area contributed by atoms with E-state index in [9.17, 15) is 14.7 Å². The Hall–Kier alpha value is -2.11. The topological polar surface area (TPSA) is 91.3 Å². The Morgan fingerprint density at radius 1 is 1.50 bits per heavy atom. The van der Waals surface area contributed by atoms with Gasteiger partial charge in [0.15, 0.2) is 0 Å². The molecule has 20 heavy (non-hydrogen) atoms. The summed E-state index contributed by atoms with van der Waals surface area (Å²) in [6.07, 6.45) is 3.32. The van der Waals surface area contributed by atoms with E-state index in [4.69, 9.17) is 0 Å². The fourth-order valence-electron chi connectivity index (χ4n) is 2.17. The fraction of sp³-hybridized carbons (Fsp3) is 0.500. The van der Waals surface area contributed by atoms with Gasteiger partial charge in [-0.3, -0.25) is 9.78 Å². The number of carbonyl (C=O) groups excluding carboxylic acids is 1. The standard InChI is InChI=1S/C14H19N3O3/c1-3-15-12(18)11-8-10(6-7-16-11)17-14(2,13(19)20)9-4-5-9/h6-9H,3-5H2,1-2H3,(H,15,18)(H,16,17)(H,19,20). The lowest BCUT2D eigenvalue weighted by atomic mass is 9.95. The highest BCUT2D eigenvalue weighted by atomic mass is 16.4. The van der Waals surface area contributed by atoms with Gasteiger partial charge in [0, 0.05) is 18.4 Å². The SMILES string of the molecule is CCNC(=O)c1cc(NC(C)(C(=O)O)C2CC2)ccn1. The number of amides is 1. The molecular formula is C14H19N3O3. The monoisotopic (exact) mass is 277 g/mol. The van der Waals surface area contributed by atoms with Crippen molar-refractivity contribution in [1.29, 1.82) is 0 Å². The average Bonchev–Trinajstić information content (AvgIpc) is 3.23. The molecule has 0 aliphatic heterocycles. The van der Waals surface area contributed by atoms with Crippen LogP contribution in [0.1, 0.15) is 37.2 Å². The van der Waals surface area contributed by atoms with E-state index in [1.165, 1.54) is 6.20 Å². The number of nitrogens with zero attached hydrogens (tertiary/aromatic N) is 1. The molecule has 6 heteroatoms. The first-order chi connectivity index (χ1) is 9.47. The number of pyridine rings is 1. The van der Waals surface area contributed by atoms with Gasteiger partial charge in [-0.25, -0.2) is 4.79 Å². The Balaban J connectivity index is 2.18. The molecule has 3 N–H and O–H groups in total. The number of carboxylic acids is 1. The zero-order chi connectivity index (χ0) is 14.8. The lowest BCUT2D eigenvalue weighted by molar-refractivity contribution is -0.142. The van der Waals surface area contributed by atoms with Crippen LogP contribution in [0.15, 0.2) is 18.3 Å². The van der Waals surface area contributed by atoms with Gasteiger partial charge in [0.2, 0.25) is 0 Å². The zero-order valence-corrected chi connectivity index (χ0v) is 11.6. The molecule has 0 bridgehead atoms. The number of aromatic nitrogens is 1. The zero-order valence-electron chi connectivity index (χ0n) is 11.6. The van der Waals surface area contributed by atoms with E-state index in [1.54, 1.807) is 19.1 Å². The molecule has 1 aliphatic carbocycles. The van der Waals surface area contributed by atoms with Gasteiger partial charge in [0.25, 0.3) is 5.91 Å². The molecule has 6 nitrogen and oxygen atoms in total. The molecule has 0 aromatic carbocycles. The Morgan fingerprint density at radius 2 is 2.20 bits per heavy atom. The Bertz CT molecular complexity index is 528. The van der Waals surface area contributed by atoms with E-state index in [0.29, 0.717) is 12.2 Å². The number of carboxylic acid groups (broad SMARTS) is 1. The van der Waals surface area contributed by atoms with Crippen LogP contribution in [-0.2, 0) is 4.79 Å². The Morgan fingerprint density at radius 3 is 2.75 bits per heavy atom. The maximum absolute atomic E-state index is 11.7. The van der Waals surface area contributed by atoms with E-state index >= 15 is 0 Å². The van der Waals surface area contributed by atoms with Gasteiger partial charge in [-0.15, -0.1) is 0 Å². The summed E-state index contributed by atoms with van der Waals surface area (Å²) in [5.41, 5.74) is -0.127. The third kappa shape index (κ3) is 2.89. The molecule has 1 aromatic heterocycles. The van der Waals surface area contributed by atoms with E-state index < -0.39 is 11.5 Å². The molecule has 1 unspecified atom stereocenters. The van der Waals surface area contributed by atoms with E-state index in [2.05, 4.69) is 15.6 Å². The van der Waals surface area contributed by atoms with Crippen molar-refractivity contribution in [3.63, 3.8) is 0 Å². The van der Waals surface area contributed by atoms with Crippen molar-refractivity contribution in [3.05, 3.63) is 24.0 Å². The van der Waals surface area contributed by atoms with Crippen molar-refractivity contribution in [2.45, 2.75) is 32.2 Å². The second-order valence-corrected chi connectivity index (χ2v) is 5.20. The molecule has 0 radical (unpaired) electrons. The van der Waals surface area contributed by atoms with Gasteiger partial charge in [-0.1, -0.05) is 0 Å². The van der Waals surface area contributed by atoms with Crippen LogP contribution in [-0.4, -0.2) is 34.1 Å². The highest BCUT2D eigenvalue weighted by molar-refractivity contribution is 5.93. The van der Waals surface area contributed by atoms with Crippen LogP contribution in [0.3, 0.4) is 0 Å². The molecular weight excluding hydrogens is 258 g/mol. The predicted octanol–water partition coefficient (Wildman–Crippen LogP) is 1.50. The molecule has 0 saturated heterocycles. The largest absolute Gasteiger partial charge is 0.480 e. The van der Waals surface area contributed by atoms with Gasteiger partial charge >= 0.3 is 5.97 Å². The molecule has 0 spiro atoms. The highest BCUT2D eigenvalue weighted by Gasteiger charge is 2.47. The first-order valence-corrected chi connectivity index (χ1v) is 6.73. The molecule has 1 saturated carbocycles. The minimum Gasteiger partial charge on any atom is -0.480 e. The Labute approximate surface area is 117 Å². The van der Waals surface area contributed by atoms with Crippen molar-refractivity contribution in [3.8, 4) is 0 Å². The van der Waals surface area contributed by atoms with Gasteiger partial charge in [-0.05, 0) is 44.7 Å². The van der Waals surface area contributed by atoms with Crippen molar-refractivity contribution in [2.75, 3.05) is 11.9 Å². The summed E-state index contributed by atoms with van der Waals surface area (Å²) in [5, 5.41) is 15.1. The molecule has 1 heterocycles. The number of anilines is 1. The predicted molar refractivity (Wildman–Crippen MR) is 74.6 cm³/mol. The second kappa shape index (κ2) is 5.48. The number of carbonyl (C=O) groups is 2. The van der Waals surface area contributed by atoms with Crippen LogP contribution < -0.4 is 10.6 Å². The van der Waals surface area contributed by atoms with E-state index in [0.717, 1.165) is 12.8 Å². The molecule has 1 amide bonds. The number of nitrogens with one attached hydrogen (secondary N) is 2. The molecule has 1 fully saturated rings. The van der Waals surface area contributed by atoms with Crippen molar-refractivity contribution < 1.29 is 14.7 Å². The number of aliphatic carboxylic acids is 1. The Kier molecular flexibility index (Phi) is 3.92. The summed E-state index contributed by atoms with van der Waals surface area (Å²) < 4.78 is 0. The minimum absolute atomic E-state index is 0.126. The van der Waals surface area contributed by atoms with Crippen LogP contribution in [0.2, 0.25) is 0 Å². The number of hydrogen-bond acceptors (Lipinski definition) is 4. The number of hydrogen-bond donors (Lipinski definition) is 3. The highest BCUT2D eigenvalue weighted by Crippen LogP contribution is 2.41. The second-order valence-electron chi connectivity index (χ2n) is 5.20. The normalized spacial score (nSPS) is 17.1. The summed E-state index contributed by atoms with van der Waals surface area (Å²) in [6.45, 7) is 4.03. The smallest absolute Gasteiger partial charge is 0.329 e. The van der Waals surface area contributed by atoms with Crippen LogP contribution in [0, 0.1) is 5.92 Å². The van der Waals surface area contributed by atoms with Crippen LogP contribution in [0.5, 0.6) is 0 Å². The molecule has 1 atom stereocenters. The van der Waals surface area contributed by atoms with Crippen LogP contribution in [0.25, 0.3) is 0 Å². The van der Waals surface area contributed by atoms with Crippen LogP contribution in [0.4, 0.5) is 5.69 Å². The number of rotatable bonds is 6. The summed E-state index contributed by atoms with van der Waals surface area (Å²) in [6, 6.07) is 3.25. The lowest BCUT2D eigenvalue weighted by Gasteiger charge is -2.27. The van der Waals surface area contributed by atoms with E-state index in [1.807, 2.05) is 6.92 Å². The van der Waals surface area contributed by atoms with Gasteiger partial charge in [-0.2, -0.15) is 0 Å².